The van der Waals surface area contributed by atoms with Gasteiger partial charge in [0, 0.05) is 13.0 Å². The Morgan fingerprint density at radius 2 is 1.68 bits per heavy atom. The van der Waals surface area contributed by atoms with Crippen LogP contribution in [-0.4, -0.2) is 38.1 Å². The number of ether oxygens (including phenoxy) is 3. The van der Waals surface area contributed by atoms with Gasteiger partial charge in [-0.25, -0.2) is 0 Å². The van der Waals surface area contributed by atoms with Crippen LogP contribution in [0.5, 0.6) is 5.75 Å². The van der Waals surface area contributed by atoms with Gasteiger partial charge in [-0.05, 0) is 30.2 Å². The molecule has 0 bridgehead atoms. The molecule has 0 atom stereocenters. The smallest absolute Gasteiger partial charge is 0.257 e. The second-order valence-corrected chi connectivity index (χ2v) is 6.11. The molecule has 3 rings (SSSR count). The van der Waals surface area contributed by atoms with E-state index in [1.54, 1.807) is 0 Å². The first kappa shape index (κ1) is 17.5. The van der Waals surface area contributed by atoms with E-state index >= 15 is 0 Å². The van der Waals surface area contributed by atoms with Crippen molar-refractivity contribution in [1.82, 2.24) is 5.32 Å². The van der Waals surface area contributed by atoms with E-state index in [2.05, 4.69) is 17.4 Å². The number of carbonyl (C=O) groups is 1. The molecule has 0 spiro atoms. The maximum absolute atomic E-state index is 11.9. The molecule has 2 aromatic carbocycles. The summed E-state index contributed by atoms with van der Waals surface area (Å²) in [5.41, 5.74) is 2.26. The molecule has 2 aromatic rings. The Bertz CT molecular complexity index is 679. The van der Waals surface area contributed by atoms with Gasteiger partial charge in [0.1, 0.15) is 5.75 Å². The monoisotopic (exact) mass is 341 g/mol. The van der Waals surface area contributed by atoms with E-state index in [9.17, 15) is 4.79 Å². The number of hydrogen-bond acceptors (Lipinski definition) is 4. The molecule has 5 heteroatoms. The highest BCUT2D eigenvalue weighted by atomic mass is 16.7. The summed E-state index contributed by atoms with van der Waals surface area (Å²) >= 11 is 0. The predicted octanol–water partition coefficient (Wildman–Crippen LogP) is 3.00. The van der Waals surface area contributed by atoms with Gasteiger partial charge >= 0.3 is 0 Å². The fraction of sp³-hybridized carbons (Fsp3) is 0.350. The third-order valence-corrected chi connectivity index (χ3v) is 4.13. The number of amides is 1. The minimum absolute atomic E-state index is 0.0108. The highest BCUT2D eigenvalue weighted by molar-refractivity contribution is 5.77. The Labute approximate surface area is 147 Å². The van der Waals surface area contributed by atoms with E-state index in [4.69, 9.17) is 14.2 Å². The van der Waals surface area contributed by atoms with Crippen LogP contribution in [0.15, 0.2) is 54.6 Å². The molecule has 0 saturated carbocycles. The third-order valence-electron chi connectivity index (χ3n) is 4.13. The van der Waals surface area contributed by atoms with Gasteiger partial charge in [0.15, 0.2) is 12.4 Å². The lowest BCUT2D eigenvalue weighted by atomic mass is 10.1. The van der Waals surface area contributed by atoms with Crippen molar-refractivity contribution in [3.8, 4) is 16.9 Å². The zero-order valence-corrected chi connectivity index (χ0v) is 14.4. The van der Waals surface area contributed by atoms with Crippen molar-refractivity contribution in [3.63, 3.8) is 0 Å². The van der Waals surface area contributed by atoms with Crippen molar-refractivity contribution in [2.24, 2.45) is 0 Å². The van der Waals surface area contributed by atoms with Crippen LogP contribution >= 0.6 is 0 Å². The Morgan fingerprint density at radius 3 is 2.36 bits per heavy atom. The van der Waals surface area contributed by atoms with Crippen molar-refractivity contribution in [1.29, 1.82) is 0 Å². The first-order valence-electron chi connectivity index (χ1n) is 8.48. The van der Waals surface area contributed by atoms with Crippen molar-refractivity contribution >= 4 is 5.91 Å². The highest BCUT2D eigenvalue weighted by Gasteiger charge is 2.30. The standard InChI is InChI=1S/C20H23NO4/c1-20(24-13-14-25-20)11-12-21-19(22)15-23-18-9-7-17(8-10-18)16-5-3-2-4-6-16/h2-10H,11-15H2,1H3,(H,21,22). The van der Waals surface area contributed by atoms with Crippen molar-refractivity contribution < 1.29 is 19.0 Å². The van der Waals surface area contributed by atoms with Crippen LogP contribution in [0.3, 0.4) is 0 Å². The fourth-order valence-electron chi connectivity index (χ4n) is 2.70. The summed E-state index contributed by atoms with van der Waals surface area (Å²) in [6, 6.07) is 17.8. The molecule has 1 heterocycles. The average molecular weight is 341 g/mol. The van der Waals surface area contributed by atoms with Gasteiger partial charge < -0.3 is 19.5 Å². The maximum atomic E-state index is 11.9. The predicted molar refractivity (Wildman–Crippen MR) is 95.3 cm³/mol. The summed E-state index contributed by atoms with van der Waals surface area (Å²) in [6.07, 6.45) is 0.616. The van der Waals surface area contributed by atoms with Crippen LogP contribution in [-0.2, 0) is 14.3 Å². The summed E-state index contributed by atoms with van der Waals surface area (Å²) < 4.78 is 16.5. The molecule has 1 fully saturated rings. The minimum Gasteiger partial charge on any atom is -0.484 e. The van der Waals surface area contributed by atoms with Crippen LogP contribution in [0.2, 0.25) is 0 Å². The quantitative estimate of drug-likeness (QED) is 0.841. The van der Waals surface area contributed by atoms with Crippen molar-refractivity contribution in [2.75, 3.05) is 26.4 Å². The average Bonchev–Trinajstić information content (AvgIpc) is 3.08. The number of benzene rings is 2. The molecule has 25 heavy (non-hydrogen) atoms. The van der Waals surface area contributed by atoms with Gasteiger partial charge in [-0.3, -0.25) is 4.79 Å². The lowest BCUT2D eigenvalue weighted by molar-refractivity contribution is -0.146. The number of hydrogen-bond donors (Lipinski definition) is 1. The molecule has 0 unspecified atom stereocenters. The summed E-state index contributed by atoms with van der Waals surface area (Å²) in [4.78, 5) is 11.9. The molecule has 132 valence electrons. The number of rotatable bonds is 7. The van der Waals surface area contributed by atoms with E-state index in [0.717, 1.165) is 11.1 Å². The molecule has 0 aliphatic carbocycles. The van der Waals surface area contributed by atoms with Crippen molar-refractivity contribution in [2.45, 2.75) is 19.1 Å². The molecule has 1 aliphatic rings. The second-order valence-electron chi connectivity index (χ2n) is 6.11. The summed E-state index contributed by atoms with van der Waals surface area (Å²) in [5.74, 6) is -0.0699. The normalized spacial score (nSPS) is 15.7. The third kappa shape index (κ3) is 5.05. The van der Waals surface area contributed by atoms with E-state index in [1.807, 2.05) is 49.4 Å². The van der Waals surface area contributed by atoms with Gasteiger partial charge in [-0.15, -0.1) is 0 Å². The molecular formula is C20H23NO4. The van der Waals surface area contributed by atoms with Gasteiger partial charge in [-0.1, -0.05) is 42.5 Å². The SMILES string of the molecule is CC1(CCNC(=O)COc2ccc(-c3ccccc3)cc2)OCCO1. The van der Waals surface area contributed by atoms with Gasteiger partial charge in [0.05, 0.1) is 13.2 Å². The minimum atomic E-state index is -0.582. The second kappa shape index (κ2) is 8.14. The summed E-state index contributed by atoms with van der Waals surface area (Å²) in [5, 5.41) is 2.82. The molecule has 5 nitrogen and oxygen atoms in total. The van der Waals surface area contributed by atoms with Crippen LogP contribution < -0.4 is 10.1 Å². The molecule has 1 saturated heterocycles. The Kier molecular flexibility index (Phi) is 5.68. The van der Waals surface area contributed by atoms with E-state index in [-0.39, 0.29) is 12.5 Å². The molecule has 0 aromatic heterocycles. The van der Waals surface area contributed by atoms with Crippen LogP contribution in [0.25, 0.3) is 11.1 Å². The van der Waals surface area contributed by atoms with E-state index < -0.39 is 5.79 Å². The van der Waals surface area contributed by atoms with Crippen molar-refractivity contribution in [3.05, 3.63) is 54.6 Å². The number of nitrogens with one attached hydrogen (secondary N) is 1. The Balaban J connectivity index is 1.41. The first-order valence-corrected chi connectivity index (χ1v) is 8.48. The first-order chi connectivity index (χ1) is 12.1. The Hall–Kier alpha value is -2.37. The lowest BCUT2D eigenvalue weighted by Crippen LogP contribution is -2.35. The van der Waals surface area contributed by atoms with E-state index in [0.29, 0.717) is 31.9 Å². The van der Waals surface area contributed by atoms with Crippen LogP contribution in [0.1, 0.15) is 13.3 Å². The largest absolute Gasteiger partial charge is 0.484 e. The zero-order chi connectivity index (χ0) is 17.5. The molecule has 0 radical (unpaired) electrons. The topological polar surface area (TPSA) is 56.8 Å². The summed E-state index contributed by atoms with van der Waals surface area (Å²) in [7, 11) is 0. The van der Waals surface area contributed by atoms with Gasteiger partial charge in [0.2, 0.25) is 0 Å². The van der Waals surface area contributed by atoms with Crippen LogP contribution in [0, 0.1) is 0 Å². The molecule has 1 aliphatic heterocycles. The van der Waals surface area contributed by atoms with Gasteiger partial charge in [-0.2, -0.15) is 0 Å². The molecule has 1 amide bonds. The fourth-order valence-corrected chi connectivity index (χ4v) is 2.70. The molecular weight excluding hydrogens is 318 g/mol. The lowest BCUT2D eigenvalue weighted by Gasteiger charge is -2.22. The Morgan fingerprint density at radius 1 is 1.04 bits per heavy atom. The maximum Gasteiger partial charge on any atom is 0.257 e. The zero-order valence-electron chi connectivity index (χ0n) is 14.4. The van der Waals surface area contributed by atoms with Crippen LogP contribution in [0.4, 0.5) is 0 Å². The van der Waals surface area contributed by atoms with E-state index in [1.165, 1.54) is 0 Å². The number of carbonyl (C=O) groups excluding carboxylic acids is 1. The van der Waals surface area contributed by atoms with Gasteiger partial charge in [0.25, 0.3) is 5.91 Å². The summed E-state index contributed by atoms with van der Waals surface area (Å²) in [6.45, 7) is 3.57. The highest BCUT2D eigenvalue weighted by Crippen LogP contribution is 2.22. The molecule has 1 N–H and O–H groups in total.